The van der Waals surface area contributed by atoms with Crippen LogP contribution in [0.3, 0.4) is 0 Å². The lowest BCUT2D eigenvalue weighted by atomic mass is 10.1. The molecule has 1 aliphatic heterocycles. The van der Waals surface area contributed by atoms with E-state index in [2.05, 4.69) is 21.1 Å². The van der Waals surface area contributed by atoms with Gasteiger partial charge in [-0.15, -0.1) is 11.3 Å². The van der Waals surface area contributed by atoms with Gasteiger partial charge in [0.2, 0.25) is 6.10 Å². The molecule has 0 spiro atoms. The molecule has 4 rings (SSSR count). The van der Waals surface area contributed by atoms with E-state index < -0.39 is 17.9 Å². The molecule has 1 aromatic carbocycles. The van der Waals surface area contributed by atoms with Gasteiger partial charge in [-0.25, -0.2) is 4.68 Å². The Balaban J connectivity index is 1.47. The molecule has 0 radical (unpaired) electrons. The molecule has 3 heterocycles. The van der Waals surface area contributed by atoms with Crippen LogP contribution in [0.4, 0.5) is 0 Å². The maximum atomic E-state index is 12.8. The summed E-state index contributed by atoms with van der Waals surface area (Å²) in [5.74, 6) is -1.21. The van der Waals surface area contributed by atoms with Gasteiger partial charge < -0.3 is 4.84 Å². The van der Waals surface area contributed by atoms with Gasteiger partial charge in [0.15, 0.2) is 5.69 Å². The van der Waals surface area contributed by atoms with Gasteiger partial charge in [-0.3, -0.25) is 25.2 Å². The van der Waals surface area contributed by atoms with Crippen LogP contribution in [-0.4, -0.2) is 33.4 Å². The highest BCUT2D eigenvalue weighted by atomic mass is 35.5. The highest BCUT2D eigenvalue weighted by Gasteiger charge is 2.30. The molecule has 3 aromatic rings. The smallest absolute Gasteiger partial charge is 0.290 e. The minimum absolute atomic E-state index is 0.0294. The van der Waals surface area contributed by atoms with Crippen LogP contribution in [0.1, 0.15) is 41.7 Å². The maximum Gasteiger partial charge on any atom is 0.290 e. The van der Waals surface area contributed by atoms with Crippen molar-refractivity contribution in [3.05, 3.63) is 61.7 Å². The third-order valence-electron chi connectivity index (χ3n) is 4.65. The number of nitrogens with zero attached hydrogens (tertiary/aromatic N) is 3. The van der Waals surface area contributed by atoms with Gasteiger partial charge in [0, 0.05) is 11.8 Å². The average Bonchev–Trinajstić information content (AvgIpc) is 3.41. The van der Waals surface area contributed by atoms with E-state index in [-0.39, 0.29) is 23.7 Å². The van der Waals surface area contributed by atoms with Crippen LogP contribution in [0.5, 0.6) is 0 Å². The predicted octanol–water partition coefficient (Wildman–Crippen LogP) is 2.65. The van der Waals surface area contributed by atoms with E-state index in [0.29, 0.717) is 20.8 Å². The van der Waals surface area contributed by atoms with Crippen molar-refractivity contribution >= 4 is 51.2 Å². The Labute approximate surface area is 185 Å². The van der Waals surface area contributed by atoms with Crippen LogP contribution in [0.25, 0.3) is 10.8 Å². The van der Waals surface area contributed by atoms with Gasteiger partial charge in [0.05, 0.1) is 20.6 Å². The molecular weight excluding hydrogens is 442 g/mol. The minimum atomic E-state index is -0.884. The van der Waals surface area contributed by atoms with Crippen LogP contribution in [-0.2, 0) is 9.63 Å². The molecule has 0 bridgehead atoms. The third kappa shape index (κ3) is 4.17. The Bertz CT molecular complexity index is 1270. The number of hydrogen-bond acceptors (Lipinski definition) is 7. The number of amides is 2. The summed E-state index contributed by atoms with van der Waals surface area (Å²) in [6.45, 7) is 3.59. The summed E-state index contributed by atoms with van der Waals surface area (Å²) in [5.41, 5.74) is 5.04. The second-order valence-corrected chi connectivity index (χ2v) is 8.84. The molecule has 0 fully saturated rings. The van der Waals surface area contributed by atoms with E-state index in [4.69, 9.17) is 16.4 Å². The quantitative estimate of drug-likeness (QED) is 0.582. The van der Waals surface area contributed by atoms with Crippen molar-refractivity contribution in [3.63, 3.8) is 0 Å². The standard InChI is InChI=1S/C20H18ClN5O4S/c1-10(2)26-20(29)12-6-4-3-5-11(12)17(24-26)19(28)23-22-18(27)14-9-13(25-30-14)15-7-8-16(21)31-15/h3-8,10,14H,9H2,1-2H3,(H,22,27)(H,23,28). The fraction of sp³-hybridized carbons (Fsp3) is 0.250. The number of hydrazine groups is 1. The monoisotopic (exact) mass is 459 g/mol. The first kappa shape index (κ1) is 21.0. The van der Waals surface area contributed by atoms with Crippen LogP contribution in [0.15, 0.2) is 46.3 Å². The van der Waals surface area contributed by atoms with Gasteiger partial charge in [-0.2, -0.15) is 5.10 Å². The summed E-state index contributed by atoms with van der Waals surface area (Å²) >= 11 is 7.27. The number of oxime groups is 1. The summed E-state index contributed by atoms with van der Waals surface area (Å²) in [6, 6.07) is 10.00. The first-order chi connectivity index (χ1) is 14.8. The summed E-state index contributed by atoms with van der Waals surface area (Å²) in [7, 11) is 0. The van der Waals surface area contributed by atoms with Crippen molar-refractivity contribution in [2.75, 3.05) is 0 Å². The number of nitrogens with one attached hydrogen (secondary N) is 2. The average molecular weight is 460 g/mol. The molecule has 11 heteroatoms. The predicted molar refractivity (Wildman–Crippen MR) is 117 cm³/mol. The molecule has 1 aliphatic rings. The summed E-state index contributed by atoms with van der Waals surface area (Å²) in [5, 5.41) is 8.90. The van der Waals surface area contributed by atoms with E-state index in [1.807, 2.05) is 0 Å². The number of carbonyl (C=O) groups excluding carboxylic acids is 2. The van der Waals surface area contributed by atoms with Crippen molar-refractivity contribution in [2.45, 2.75) is 32.4 Å². The number of benzene rings is 1. The Morgan fingerprint density at radius 2 is 1.94 bits per heavy atom. The molecule has 0 saturated carbocycles. The Morgan fingerprint density at radius 1 is 1.19 bits per heavy atom. The van der Waals surface area contributed by atoms with Crippen molar-refractivity contribution in [1.29, 1.82) is 0 Å². The first-order valence-corrected chi connectivity index (χ1v) is 10.6. The number of aromatic nitrogens is 2. The highest BCUT2D eigenvalue weighted by molar-refractivity contribution is 7.18. The normalized spacial score (nSPS) is 15.6. The Hall–Kier alpha value is -3.24. The van der Waals surface area contributed by atoms with Gasteiger partial charge in [0.25, 0.3) is 17.4 Å². The molecule has 160 valence electrons. The maximum absolute atomic E-state index is 12.8. The Morgan fingerprint density at radius 3 is 2.61 bits per heavy atom. The summed E-state index contributed by atoms with van der Waals surface area (Å²) in [4.78, 5) is 43.8. The van der Waals surface area contributed by atoms with Crippen LogP contribution in [0, 0.1) is 0 Å². The van der Waals surface area contributed by atoms with Crippen molar-refractivity contribution in [1.82, 2.24) is 20.6 Å². The summed E-state index contributed by atoms with van der Waals surface area (Å²) < 4.78 is 1.85. The zero-order valence-corrected chi connectivity index (χ0v) is 18.2. The molecule has 1 unspecified atom stereocenters. The van der Waals surface area contributed by atoms with Gasteiger partial charge >= 0.3 is 0 Å². The van der Waals surface area contributed by atoms with Crippen molar-refractivity contribution in [2.24, 2.45) is 5.16 Å². The number of rotatable bonds is 4. The second kappa shape index (κ2) is 8.48. The van der Waals surface area contributed by atoms with Crippen LogP contribution < -0.4 is 16.4 Å². The number of thiophene rings is 1. The number of fused-ring (bicyclic) bond motifs is 1. The highest BCUT2D eigenvalue weighted by Crippen LogP contribution is 2.26. The van der Waals surface area contributed by atoms with E-state index in [0.717, 1.165) is 4.88 Å². The molecule has 0 aliphatic carbocycles. The zero-order chi connectivity index (χ0) is 22.1. The van der Waals surface area contributed by atoms with Crippen LogP contribution >= 0.6 is 22.9 Å². The zero-order valence-electron chi connectivity index (χ0n) is 16.6. The first-order valence-electron chi connectivity index (χ1n) is 9.45. The molecular formula is C20H18ClN5O4S. The lowest BCUT2D eigenvalue weighted by Crippen LogP contribution is -2.47. The number of halogens is 1. The number of carbonyl (C=O) groups is 2. The lowest BCUT2D eigenvalue weighted by Gasteiger charge is -2.14. The van der Waals surface area contributed by atoms with E-state index in [1.54, 1.807) is 50.2 Å². The fourth-order valence-electron chi connectivity index (χ4n) is 3.12. The minimum Gasteiger partial charge on any atom is -0.382 e. The Kier molecular flexibility index (Phi) is 5.75. The molecule has 2 aromatic heterocycles. The lowest BCUT2D eigenvalue weighted by molar-refractivity contribution is -0.131. The van der Waals surface area contributed by atoms with E-state index >= 15 is 0 Å². The molecule has 31 heavy (non-hydrogen) atoms. The van der Waals surface area contributed by atoms with Crippen LogP contribution in [0.2, 0.25) is 4.34 Å². The SMILES string of the molecule is CC(C)n1nc(C(=O)NNC(=O)C2CC(c3ccc(Cl)s3)=NO2)c2ccccc2c1=O. The molecule has 2 amide bonds. The van der Waals surface area contributed by atoms with Crippen molar-refractivity contribution in [3.8, 4) is 0 Å². The van der Waals surface area contributed by atoms with Gasteiger partial charge in [-0.1, -0.05) is 35.0 Å². The van der Waals surface area contributed by atoms with E-state index in [9.17, 15) is 14.4 Å². The molecule has 2 N–H and O–H groups in total. The van der Waals surface area contributed by atoms with Crippen molar-refractivity contribution < 1.29 is 14.4 Å². The molecule has 1 atom stereocenters. The fourth-order valence-corrected chi connectivity index (χ4v) is 4.15. The molecule has 9 nitrogen and oxygen atoms in total. The largest absolute Gasteiger partial charge is 0.382 e. The third-order valence-corrected chi connectivity index (χ3v) is 5.93. The van der Waals surface area contributed by atoms with E-state index in [1.165, 1.54) is 16.0 Å². The molecule has 0 saturated heterocycles. The topological polar surface area (TPSA) is 115 Å². The van der Waals surface area contributed by atoms with Gasteiger partial charge in [0.1, 0.15) is 5.71 Å². The second-order valence-electron chi connectivity index (χ2n) is 7.12. The van der Waals surface area contributed by atoms with Gasteiger partial charge in [-0.05, 0) is 32.0 Å². The summed E-state index contributed by atoms with van der Waals surface area (Å²) in [6.07, 6.45) is -0.636. The number of hydrogen-bond donors (Lipinski definition) is 2.